The first-order valence-electron chi connectivity index (χ1n) is 10.5. The maximum absolute atomic E-state index is 12.3. The Morgan fingerprint density at radius 3 is 2.63 bits per heavy atom. The highest BCUT2D eigenvalue weighted by molar-refractivity contribution is 5.76. The van der Waals surface area contributed by atoms with Crippen molar-refractivity contribution in [2.75, 3.05) is 18.0 Å². The van der Waals surface area contributed by atoms with Crippen LogP contribution in [0.3, 0.4) is 0 Å². The lowest BCUT2D eigenvalue weighted by molar-refractivity contribution is -0.121. The zero-order chi connectivity index (χ0) is 21.1. The summed E-state index contributed by atoms with van der Waals surface area (Å²) < 4.78 is 7.35. The van der Waals surface area contributed by atoms with Gasteiger partial charge in [-0.3, -0.25) is 4.79 Å². The molecule has 8 nitrogen and oxygen atoms in total. The number of aryl methyl sites for hydroxylation is 2. The van der Waals surface area contributed by atoms with Gasteiger partial charge in [-0.1, -0.05) is 0 Å². The quantitative estimate of drug-likeness (QED) is 0.646. The fourth-order valence-electron chi connectivity index (χ4n) is 3.92. The van der Waals surface area contributed by atoms with Gasteiger partial charge < -0.3 is 14.6 Å². The molecule has 0 spiro atoms. The molecule has 0 atom stereocenters. The lowest BCUT2D eigenvalue weighted by atomic mass is 10.1. The zero-order valence-corrected chi connectivity index (χ0v) is 17.8. The molecule has 3 aromatic heterocycles. The van der Waals surface area contributed by atoms with Crippen molar-refractivity contribution in [2.45, 2.75) is 53.0 Å². The fraction of sp³-hybridized carbons (Fsp3) is 0.455. The molecule has 1 aliphatic rings. The molecule has 0 saturated carbocycles. The second-order valence-corrected chi connectivity index (χ2v) is 7.78. The smallest absolute Gasteiger partial charge is 0.220 e. The van der Waals surface area contributed by atoms with Crippen LogP contribution < -0.4 is 10.2 Å². The van der Waals surface area contributed by atoms with Gasteiger partial charge in [0.2, 0.25) is 5.91 Å². The van der Waals surface area contributed by atoms with Crippen LogP contribution in [0.5, 0.6) is 0 Å². The van der Waals surface area contributed by atoms with Crippen LogP contribution >= 0.6 is 0 Å². The molecule has 0 unspecified atom stereocenters. The highest BCUT2D eigenvalue weighted by Crippen LogP contribution is 2.22. The van der Waals surface area contributed by atoms with Gasteiger partial charge in [-0.25, -0.2) is 14.6 Å². The Morgan fingerprint density at radius 1 is 1.13 bits per heavy atom. The van der Waals surface area contributed by atoms with Gasteiger partial charge in [0, 0.05) is 31.3 Å². The molecule has 0 bridgehead atoms. The highest BCUT2D eigenvalue weighted by Gasteiger charge is 2.18. The van der Waals surface area contributed by atoms with Crippen molar-refractivity contribution in [1.82, 2.24) is 25.1 Å². The molecular weight excluding hydrogens is 380 g/mol. The largest absolute Gasteiger partial charge is 0.465 e. The zero-order valence-electron chi connectivity index (χ0n) is 17.8. The number of hydrogen-bond acceptors (Lipinski definition) is 6. The summed E-state index contributed by atoms with van der Waals surface area (Å²) in [5, 5.41) is 7.60. The molecule has 158 valence electrons. The molecule has 1 aliphatic heterocycles. The lowest BCUT2D eigenvalue weighted by Crippen LogP contribution is -2.22. The minimum absolute atomic E-state index is 0.00559. The van der Waals surface area contributed by atoms with Crippen LogP contribution in [0.2, 0.25) is 0 Å². The van der Waals surface area contributed by atoms with E-state index in [0.717, 1.165) is 53.2 Å². The summed E-state index contributed by atoms with van der Waals surface area (Å²) in [5.74, 6) is 3.30. The van der Waals surface area contributed by atoms with Crippen molar-refractivity contribution in [3.63, 3.8) is 0 Å². The van der Waals surface area contributed by atoms with Gasteiger partial charge in [0.05, 0.1) is 12.2 Å². The van der Waals surface area contributed by atoms with Gasteiger partial charge in [0.15, 0.2) is 5.82 Å². The van der Waals surface area contributed by atoms with Crippen LogP contribution in [0.1, 0.15) is 47.7 Å². The number of aromatic nitrogens is 4. The molecule has 1 N–H and O–H groups in total. The summed E-state index contributed by atoms with van der Waals surface area (Å²) in [6.07, 6.45) is 5.03. The van der Waals surface area contributed by atoms with E-state index in [2.05, 4.69) is 25.3 Å². The van der Waals surface area contributed by atoms with Gasteiger partial charge in [0.25, 0.3) is 0 Å². The third-order valence-electron chi connectivity index (χ3n) is 5.58. The number of carbonyl (C=O) groups is 1. The van der Waals surface area contributed by atoms with E-state index in [1.807, 2.05) is 43.7 Å². The van der Waals surface area contributed by atoms with Crippen LogP contribution in [-0.4, -0.2) is 38.7 Å². The SMILES string of the molecule is Cc1ccc(CNC(=O)CCc2c(C)nn(-c3cc(N4CCCC4)ncn3)c2C)o1. The van der Waals surface area contributed by atoms with E-state index in [1.165, 1.54) is 12.8 Å². The number of furan rings is 1. The van der Waals surface area contributed by atoms with E-state index in [1.54, 1.807) is 6.33 Å². The predicted molar refractivity (Wildman–Crippen MR) is 114 cm³/mol. The van der Waals surface area contributed by atoms with Gasteiger partial charge in [0.1, 0.15) is 23.7 Å². The topological polar surface area (TPSA) is 89.1 Å². The van der Waals surface area contributed by atoms with Crippen LogP contribution in [0.25, 0.3) is 5.82 Å². The molecule has 1 fully saturated rings. The number of carbonyl (C=O) groups excluding carboxylic acids is 1. The standard InChI is InChI=1S/C22H28N6O2/c1-15-6-7-18(30-15)13-23-22(29)9-8-19-16(2)26-28(17(19)3)21-12-20(24-14-25-21)27-10-4-5-11-27/h6-7,12,14H,4-5,8-11,13H2,1-3H3,(H,23,29). The maximum atomic E-state index is 12.3. The molecule has 0 aliphatic carbocycles. The summed E-state index contributed by atoms with van der Waals surface area (Å²) in [5.41, 5.74) is 3.01. The first kappa shape index (κ1) is 20.1. The molecule has 1 amide bonds. The van der Waals surface area contributed by atoms with Crippen LogP contribution in [-0.2, 0) is 17.8 Å². The third-order valence-corrected chi connectivity index (χ3v) is 5.58. The predicted octanol–water partition coefficient (Wildman–Crippen LogP) is 3.03. The Morgan fingerprint density at radius 2 is 1.90 bits per heavy atom. The molecule has 1 saturated heterocycles. The van der Waals surface area contributed by atoms with E-state index >= 15 is 0 Å². The van der Waals surface area contributed by atoms with Crippen molar-refractivity contribution < 1.29 is 9.21 Å². The number of amides is 1. The average molecular weight is 409 g/mol. The average Bonchev–Trinajstić information content (AvgIpc) is 3.47. The van der Waals surface area contributed by atoms with Gasteiger partial charge in [-0.15, -0.1) is 0 Å². The number of nitrogens with one attached hydrogen (secondary N) is 1. The Hall–Kier alpha value is -3.16. The number of anilines is 1. The third kappa shape index (κ3) is 4.37. The second-order valence-electron chi connectivity index (χ2n) is 7.78. The number of hydrogen-bond donors (Lipinski definition) is 1. The van der Waals surface area contributed by atoms with Gasteiger partial charge in [-0.2, -0.15) is 5.10 Å². The first-order chi connectivity index (χ1) is 14.5. The molecular formula is C22H28N6O2. The van der Waals surface area contributed by atoms with E-state index in [4.69, 9.17) is 4.42 Å². The van der Waals surface area contributed by atoms with E-state index in [0.29, 0.717) is 19.4 Å². The monoisotopic (exact) mass is 408 g/mol. The minimum atomic E-state index is -0.00559. The molecule has 3 aromatic rings. The van der Waals surface area contributed by atoms with Crippen LogP contribution in [0.15, 0.2) is 28.9 Å². The summed E-state index contributed by atoms with van der Waals surface area (Å²) >= 11 is 0. The van der Waals surface area contributed by atoms with E-state index in [-0.39, 0.29) is 5.91 Å². The van der Waals surface area contributed by atoms with Crippen molar-refractivity contribution in [1.29, 1.82) is 0 Å². The maximum Gasteiger partial charge on any atom is 0.220 e. The normalized spacial score (nSPS) is 13.8. The van der Waals surface area contributed by atoms with Gasteiger partial charge >= 0.3 is 0 Å². The molecule has 4 rings (SSSR count). The van der Waals surface area contributed by atoms with Crippen molar-refractivity contribution in [2.24, 2.45) is 0 Å². The Kier molecular flexibility index (Phi) is 5.83. The Balaban J connectivity index is 1.42. The molecule has 30 heavy (non-hydrogen) atoms. The molecule has 0 aromatic carbocycles. The fourth-order valence-corrected chi connectivity index (χ4v) is 3.92. The van der Waals surface area contributed by atoms with Crippen molar-refractivity contribution in [3.8, 4) is 5.82 Å². The highest BCUT2D eigenvalue weighted by atomic mass is 16.3. The van der Waals surface area contributed by atoms with Crippen LogP contribution in [0.4, 0.5) is 5.82 Å². The van der Waals surface area contributed by atoms with Crippen molar-refractivity contribution in [3.05, 3.63) is 53.0 Å². The van der Waals surface area contributed by atoms with Gasteiger partial charge in [-0.05, 0) is 57.7 Å². The molecule has 4 heterocycles. The summed E-state index contributed by atoms with van der Waals surface area (Å²) in [7, 11) is 0. The summed E-state index contributed by atoms with van der Waals surface area (Å²) in [4.78, 5) is 23.4. The Bertz CT molecular complexity index is 1030. The molecule has 8 heteroatoms. The summed E-state index contributed by atoms with van der Waals surface area (Å²) in [6.45, 7) is 8.36. The van der Waals surface area contributed by atoms with E-state index in [9.17, 15) is 4.79 Å². The Labute approximate surface area is 176 Å². The lowest BCUT2D eigenvalue weighted by Gasteiger charge is -2.16. The summed E-state index contributed by atoms with van der Waals surface area (Å²) in [6, 6.07) is 5.77. The minimum Gasteiger partial charge on any atom is -0.465 e. The first-order valence-corrected chi connectivity index (χ1v) is 10.5. The second kappa shape index (κ2) is 8.69. The van der Waals surface area contributed by atoms with E-state index < -0.39 is 0 Å². The van der Waals surface area contributed by atoms with Crippen LogP contribution in [0, 0.1) is 20.8 Å². The molecule has 0 radical (unpaired) electrons. The number of rotatable bonds is 7. The van der Waals surface area contributed by atoms with Crippen molar-refractivity contribution >= 4 is 11.7 Å². The number of nitrogens with zero attached hydrogens (tertiary/aromatic N) is 5.